The van der Waals surface area contributed by atoms with Gasteiger partial charge in [0.05, 0.1) is 17.7 Å². The number of nitrogens with one attached hydrogen (secondary N) is 2. The van der Waals surface area contributed by atoms with Crippen LogP contribution in [0.2, 0.25) is 0 Å². The van der Waals surface area contributed by atoms with E-state index in [1.165, 1.54) is 19.3 Å². The summed E-state index contributed by atoms with van der Waals surface area (Å²) in [6, 6.07) is 9.09. The summed E-state index contributed by atoms with van der Waals surface area (Å²) in [5, 5.41) is 7.36. The molecule has 4 unspecified atom stereocenters. The molecule has 0 amide bonds. The van der Waals surface area contributed by atoms with Gasteiger partial charge in [-0.05, 0) is 53.7 Å². The highest BCUT2D eigenvalue weighted by atomic mass is 79.9. The summed E-state index contributed by atoms with van der Waals surface area (Å²) < 4.78 is 12.7. The van der Waals surface area contributed by atoms with Gasteiger partial charge in [0.15, 0.2) is 0 Å². The monoisotopic (exact) mass is 382 g/mol. The Hall–Kier alpha value is -0.620. The van der Waals surface area contributed by atoms with Gasteiger partial charge in [-0.3, -0.25) is 0 Å². The SMILES string of the molecule is CC(CNC1CCCC1C1COCCN1)Oc1ccccc1Br. The van der Waals surface area contributed by atoms with Crippen LogP contribution in [0.25, 0.3) is 0 Å². The largest absolute Gasteiger partial charge is 0.488 e. The summed E-state index contributed by atoms with van der Waals surface area (Å²) >= 11 is 3.54. The molecule has 4 nitrogen and oxygen atoms in total. The van der Waals surface area contributed by atoms with E-state index in [0.717, 1.165) is 36.5 Å². The average Bonchev–Trinajstić information content (AvgIpc) is 3.04. The zero-order chi connectivity index (χ0) is 16.1. The summed E-state index contributed by atoms with van der Waals surface area (Å²) in [4.78, 5) is 0. The van der Waals surface area contributed by atoms with Gasteiger partial charge in [0.1, 0.15) is 11.9 Å². The van der Waals surface area contributed by atoms with Gasteiger partial charge in [-0.25, -0.2) is 0 Å². The van der Waals surface area contributed by atoms with E-state index in [2.05, 4.69) is 33.5 Å². The van der Waals surface area contributed by atoms with Crippen LogP contribution in [0.5, 0.6) is 5.75 Å². The Balaban J connectivity index is 1.48. The third-order valence-electron chi connectivity index (χ3n) is 4.87. The van der Waals surface area contributed by atoms with Gasteiger partial charge < -0.3 is 20.1 Å². The van der Waals surface area contributed by atoms with Crippen molar-refractivity contribution in [3.8, 4) is 5.75 Å². The predicted octanol–water partition coefficient (Wildman–Crippen LogP) is 2.96. The first-order valence-corrected chi connectivity index (χ1v) is 9.49. The normalized spacial score (nSPS) is 29.4. The van der Waals surface area contributed by atoms with Crippen molar-refractivity contribution in [3.63, 3.8) is 0 Å². The molecule has 1 saturated heterocycles. The quantitative estimate of drug-likeness (QED) is 0.793. The minimum Gasteiger partial charge on any atom is -0.488 e. The van der Waals surface area contributed by atoms with E-state index in [9.17, 15) is 0 Å². The number of para-hydroxylation sites is 1. The van der Waals surface area contributed by atoms with E-state index < -0.39 is 0 Å². The first-order chi connectivity index (χ1) is 11.2. The van der Waals surface area contributed by atoms with Crippen LogP contribution in [0, 0.1) is 5.92 Å². The van der Waals surface area contributed by atoms with Gasteiger partial charge in [-0.2, -0.15) is 0 Å². The first kappa shape index (κ1) is 17.2. The van der Waals surface area contributed by atoms with Crippen molar-refractivity contribution in [1.82, 2.24) is 10.6 Å². The fourth-order valence-corrected chi connectivity index (χ4v) is 4.08. The molecule has 1 saturated carbocycles. The molecule has 0 spiro atoms. The van der Waals surface area contributed by atoms with Crippen LogP contribution >= 0.6 is 15.9 Å². The predicted molar refractivity (Wildman–Crippen MR) is 96.0 cm³/mol. The highest BCUT2D eigenvalue weighted by Crippen LogP contribution is 2.30. The lowest BCUT2D eigenvalue weighted by Gasteiger charge is -2.33. The highest BCUT2D eigenvalue weighted by Gasteiger charge is 2.34. The third-order valence-corrected chi connectivity index (χ3v) is 5.52. The fraction of sp³-hybridized carbons (Fsp3) is 0.667. The molecule has 2 fully saturated rings. The molecule has 2 aliphatic rings. The topological polar surface area (TPSA) is 42.5 Å². The Morgan fingerprint density at radius 3 is 3.04 bits per heavy atom. The number of hydrogen-bond acceptors (Lipinski definition) is 4. The Labute approximate surface area is 147 Å². The first-order valence-electron chi connectivity index (χ1n) is 8.69. The van der Waals surface area contributed by atoms with Gasteiger partial charge >= 0.3 is 0 Å². The smallest absolute Gasteiger partial charge is 0.133 e. The molecule has 1 aliphatic carbocycles. The second-order valence-electron chi connectivity index (χ2n) is 6.60. The summed E-state index contributed by atoms with van der Waals surface area (Å²) in [6.45, 7) is 5.67. The highest BCUT2D eigenvalue weighted by molar-refractivity contribution is 9.10. The minimum absolute atomic E-state index is 0.144. The number of benzene rings is 1. The van der Waals surface area contributed by atoms with Crippen molar-refractivity contribution in [2.24, 2.45) is 5.92 Å². The zero-order valence-corrected chi connectivity index (χ0v) is 15.3. The summed E-state index contributed by atoms with van der Waals surface area (Å²) in [7, 11) is 0. The maximum Gasteiger partial charge on any atom is 0.133 e. The molecule has 1 aromatic rings. The molecule has 128 valence electrons. The van der Waals surface area contributed by atoms with Crippen molar-refractivity contribution in [3.05, 3.63) is 28.7 Å². The second kappa shape index (κ2) is 8.47. The molecule has 5 heteroatoms. The zero-order valence-electron chi connectivity index (χ0n) is 13.8. The molecule has 0 bridgehead atoms. The van der Waals surface area contributed by atoms with Gasteiger partial charge in [0.2, 0.25) is 0 Å². The molecule has 1 heterocycles. The van der Waals surface area contributed by atoms with E-state index in [4.69, 9.17) is 9.47 Å². The molecule has 3 rings (SSSR count). The molecule has 2 N–H and O–H groups in total. The standard InChI is InChI=1S/C18H27BrN2O2/c1-13(23-18-8-3-2-6-15(18)19)11-21-16-7-4-5-14(16)17-12-22-10-9-20-17/h2-3,6,8,13-14,16-17,20-21H,4-5,7,9-12H2,1H3. The number of morpholine rings is 1. The third kappa shape index (κ3) is 4.69. The van der Waals surface area contributed by atoms with Crippen LogP contribution in [0.15, 0.2) is 28.7 Å². The minimum atomic E-state index is 0.144. The Morgan fingerprint density at radius 1 is 1.39 bits per heavy atom. The lowest BCUT2D eigenvalue weighted by Crippen LogP contribution is -2.51. The lowest BCUT2D eigenvalue weighted by molar-refractivity contribution is 0.0518. The summed E-state index contributed by atoms with van der Waals surface area (Å²) in [6.07, 6.45) is 3.99. The molecule has 1 aliphatic heterocycles. The number of ether oxygens (including phenoxy) is 2. The maximum absolute atomic E-state index is 6.04. The molecule has 0 aromatic heterocycles. The number of halogens is 1. The van der Waals surface area contributed by atoms with E-state index in [0.29, 0.717) is 18.0 Å². The van der Waals surface area contributed by atoms with Crippen LogP contribution in [0.3, 0.4) is 0 Å². The van der Waals surface area contributed by atoms with Crippen LogP contribution in [-0.4, -0.2) is 44.5 Å². The Bertz CT molecular complexity index is 494. The van der Waals surface area contributed by atoms with Crippen LogP contribution in [0.1, 0.15) is 26.2 Å². The van der Waals surface area contributed by atoms with E-state index >= 15 is 0 Å². The molecule has 23 heavy (non-hydrogen) atoms. The van der Waals surface area contributed by atoms with Crippen molar-refractivity contribution < 1.29 is 9.47 Å². The van der Waals surface area contributed by atoms with Crippen molar-refractivity contribution in [2.75, 3.05) is 26.3 Å². The molecule has 0 radical (unpaired) electrons. The molecule has 1 aromatic carbocycles. The van der Waals surface area contributed by atoms with Crippen molar-refractivity contribution >= 4 is 15.9 Å². The van der Waals surface area contributed by atoms with E-state index in [-0.39, 0.29) is 6.10 Å². The Kier molecular flexibility index (Phi) is 6.34. The van der Waals surface area contributed by atoms with Gasteiger partial charge in [-0.15, -0.1) is 0 Å². The fourth-order valence-electron chi connectivity index (χ4n) is 3.70. The summed E-state index contributed by atoms with van der Waals surface area (Å²) in [5.74, 6) is 1.58. The van der Waals surface area contributed by atoms with Crippen LogP contribution < -0.4 is 15.4 Å². The Morgan fingerprint density at radius 2 is 2.26 bits per heavy atom. The maximum atomic E-state index is 6.04. The molecular formula is C18H27BrN2O2. The van der Waals surface area contributed by atoms with Gasteiger partial charge in [-0.1, -0.05) is 18.6 Å². The van der Waals surface area contributed by atoms with Crippen molar-refractivity contribution in [1.29, 1.82) is 0 Å². The van der Waals surface area contributed by atoms with Crippen LogP contribution in [0.4, 0.5) is 0 Å². The van der Waals surface area contributed by atoms with Crippen molar-refractivity contribution in [2.45, 2.75) is 44.4 Å². The van der Waals surface area contributed by atoms with E-state index in [1.54, 1.807) is 0 Å². The average molecular weight is 383 g/mol. The number of hydrogen-bond donors (Lipinski definition) is 2. The van der Waals surface area contributed by atoms with Gasteiger partial charge in [0.25, 0.3) is 0 Å². The number of rotatable bonds is 6. The van der Waals surface area contributed by atoms with Crippen LogP contribution in [-0.2, 0) is 4.74 Å². The molecule has 4 atom stereocenters. The van der Waals surface area contributed by atoms with Gasteiger partial charge in [0, 0.05) is 25.2 Å². The second-order valence-corrected chi connectivity index (χ2v) is 7.46. The lowest BCUT2D eigenvalue weighted by atomic mass is 9.94. The summed E-state index contributed by atoms with van der Waals surface area (Å²) in [5.41, 5.74) is 0. The molecular weight excluding hydrogens is 356 g/mol. The van der Waals surface area contributed by atoms with E-state index in [1.807, 2.05) is 24.3 Å².